The minimum Gasteiger partial charge on any atom is -0.491 e. The zero-order chi connectivity index (χ0) is 18.3. The van der Waals surface area contributed by atoms with E-state index >= 15 is 0 Å². The second-order valence-electron chi connectivity index (χ2n) is 7.55. The molecule has 1 aliphatic heterocycles. The third kappa shape index (κ3) is 6.24. The van der Waals surface area contributed by atoms with Gasteiger partial charge in [0.05, 0.1) is 18.8 Å². The first kappa shape index (κ1) is 19.6. The summed E-state index contributed by atoms with van der Waals surface area (Å²) < 4.78 is 17.4. The molecule has 0 radical (unpaired) electrons. The molecule has 0 saturated carbocycles. The van der Waals surface area contributed by atoms with E-state index < -0.39 is 5.60 Å². The van der Waals surface area contributed by atoms with Crippen LogP contribution in [0.25, 0.3) is 0 Å². The van der Waals surface area contributed by atoms with E-state index in [-0.39, 0.29) is 11.7 Å². The smallest absolute Gasteiger partial charge is 0.410 e. The number of ether oxygens (including phenoxy) is 3. The maximum absolute atomic E-state index is 12.4. The van der Waals surface area contributed by atoms with E-state index in [1.807, 2.05) is 51.1 Å². The predicted molar refractivity (Wildman–Crippen MR) is 98.0 cm³/mol. The van der Waals surface area contributed by atoms with Crippen LogP contribution in [0.4, 0.5) is 4.79 Å². The number of para-hydroxylation sites is 1. The van der Waals surface area contributed by atoms with E-state index in [9.17, 15) is 4.79 Å². The van der Waals surface area contributed by atoms with Gasteiger partial charge in [-0.1, -0.05) is 25.1 Å². The molecular formula is C20H31NO4. The van der Waals surface area contributed by atoms with Crippen LogP contribution in [0.5, 0.6) is 5.75 Å². The zero-order valence-corrected chi connectivity index (χ0v) is 15.9. The van der Waals surface area contributed by atoms with Gasteiger partial charge in [0.25, 0.3) is 0 Å². The molecule has 0 bridgehead atoms. The summed E-state index contributed by atoms with van der Waals surface area (Å²) in [4.78, 5) is 14.1. The van der Waals surface area contributed by atoms with Gasteiger partial charge in [0, 0.05) is 6.54 Å². The Kier molecular flexibility index (Phi) is 6.71. The number of likely N-dealkylation sites (tertiary alicyclic amines) is 1. The van der Waals surface area contributed by atoms with Crippen molar-refractivity contribution in [3.8, 4) is 5.75 Å². The Balaban J connectivity index is 1.84. The Labute approximate surface area is 151 Å². The Bertz CT molecular complexity index is 540. The summed E-state index contributed by atoms with van der Waals surface area (Å²) in [5, 5.41) is 0. The van der Waals surface area contributed by atoms with Gasteiger partial charge in [0.1, 0.15) is 18.0 Å². The van der Waals surface area contributed by atoms with Crippen LogP contribution in [0.1, 0.15) is 47.0 Å². The van der Waals surface area contributed by atoms with Crippen molar-refractivity contribution in [2.75, 3.05) is 26.3 Å². The molecule has 25 heavy (non-hydrogen) atoms. The third-order valence-corrected chi connectivity index (χ3v) is 4.34. The highest BCUT2D eigenvalue weighted by Crippen LogP contribution is 2.29. The number of benzene rings is 1. The molecule has 0 aromatic heterocycles. The summed E-state index contributed by atoms with van der Waals surface area (Å²) in [6.45, 7) is 10.1. The molecule has 0 spiro atoms. The molecule has 5 heteroatoms. The number of amides is 1. The first-order valence-corrected chi connectivity index (χ1v) is 9.13. The summed E-state index contributed by atoms with van der Waals surface area (Å²) >= 11 is 0. The minimum absolute atomic E-state index is 0.255. The van der Waals surface area contributed by atoms with Gasteiger partial charge in [-0.15, -0.1) is 0 Å². The minimum atomic E-state index is -0.478. The topological polar surface area (TPSA) is 48.0 Å². The third-order valence-electron chi connectivity index (χ3n) is 4.34. The maximum atomic E-state index is 12.4. The van der Waals surface area contributed by atoms with Gasteiger partial charge in [-0.2, -0.15) is 0 Å². The molecule has 1 aromatic rings. The van der Waals surface area contributed by atoms with Gasteiger partial charge in [0.2, 0.25) is 0 Å². The fourth-order valence-corrected chi connectivity index (χ4v) is 3.02. The van der Waals surface area contributed by atoms with Crippen LogP contribution < -0.4 is 4.74 Å². The van der Waals surface area contributed by atoms with Gasteiger partial charge < -0.3 is 19.1 Å². The number of carbonyl (C=O) groups is 1. The zero-order valence-electron chi connectivity index (χ0n) is 15.9. The molecule has 1 atom stereocenters. The van der Waals surface area contributed by atoms with Gasteiger partial charge >= 0.3 is 6.09 Å². The van der Waals surface area contributed by atoms with Gasteiger partial charge in [-0.25, -0.2) is 4.79 Å². The largest absolute Gasteiger partial charge is 0.491 e. The highest BCUT2D eigenvalue weighted by atomic mass is 16.6. The van der Waals surface area contributed by atoms with Gasteiger partial charge in [-0.05, 0) is 52.2 Å². The van der Waals surface area contributed by atoms with Crippen molar-refractivity contribution in [3.05, 3.63) is 30.3 Å². The van der Waals surface area contributed by atoms with Crippen LogP contribution in [0.3, 0.4) is 0 Å². The fraction of sp³-hybridized carbons (Fsp3) is 0.650. The summed E-state index contributed by atoms with van der Waals surface area (Å²) in [6.07, 6.45) is 2.48. The Morgan fingerprint density at radius 3 is 2.56 bits per heavy atom. The molecule has 2 rings (SSSR count). The van der Waals surface area contributed by atoms with Crippen molar-refractivity contribution in [2.24, 2.45) is 0 Å². The lowest BCUT2D eigenvalue weighted by Crippen LogP contribution is -2.52. The molecule has 0 aliphatic carbocycles. The molecule has 1 heterocycles. The molecule has 1 fully saturated rings. The lowest BCUT2D eigenvalue weighted by Gasteiger charge is -2.42. The van der Waals surface area contributed by atoms with Crippen LogP contribution in [-0.4, -0.2) is 48.5 Å². The lowest BCUT2D eigenvalue weighted by molar-refractivity contribution is -0.0987. The Morgan fingerprint density at radius 2 is 1.92 bits per heavy atom. The molecule has 1 amide bonds. The predicted octanol–water partition coefficient (Wildman–Crippen LogP) is 4.26. The van der Waals surface area contributed by atoms with Crippen molar-refractivity contribution < 1.29 is 19.0 Å². The molecule has 1 aliphatic rings. The van der Waals surface area contributed by atoms with E-state index in [1.54, 1.807) is 4.90 Å². The normalized spacial score (nSPS) is 21.0. The average molecular weight is 349 g/mol. The van der Waals surface area contributed by atoms with Crippen molar-refractivity contribution in [1.29, 1.82) is 0 Å². The molecule has 1 saturated heterocycles. The maximum Gasteiger partial charge on any atom is 0.410 e. The average Bonchev–Trinajstić information content (AvgIpc) is 2.58. The number of rotatable bonds is 6. The standard InChI is InChI=1S/C20H31NO4/c1-5-20(24-15-14-23-17-10-7-6-8-11-17)12-9-13-21(16-20)18(22)25-19(2,3)4/h6-8,10-11H,5,9,12-16H2,1-4H3. The van der Waals surface area contributed by atoms with Crippen molar-refractivity contribution in [2.45, 2.75) is 58.2 Å². The van der Waals surface area contributed by atoms with Crippen LogP contribution in [0.2, 0.25) is 0 Å². The highest BCUT2D eigenvalue weighted by Gasteiger charge is 2.38. The Morgan fingerprint density at radius 1 is 1.20 bits per heavy atom. The van der Waals surface area contributed by atoms with Crippen molar-refractivity contribution >= 4 is 6.09 Å². The number of hydrogen-bond donors (Lipinski definition) is 0. The van der Waals surface area contributed by atoms with E-state index in [1.165, 1.54) is 0 Å². The number of piperidine rings is 1. The number of nitrogens with zero attached hydrogens (tertiary/aromatic N) is 1. The van der Waals surface area contributed by atoms with E-state index in [0.29, 0.717) is 19.8 Å². The van der Waals surface area contributed by atoms with Gasteiger partial charge in [0.15, 0.2) is 0 Å². The molecule has 0 N–H and O–H groups in total. The number of carbonyl (C=O) groups excluding carboxylic acids is 1. The van der Waals surface area contributed by atoms with Crippen LogP contribution in [0, 0.1) is 0 Å². The number of hydrogen-bond acceptors (Lipinski definition) is 4. The van der Waals surface area contributed by atoms with Crippen LogP contribution in [0.15, 0.2) is 30.3 Å². The van der Waals surface area contributed by atoms with Gasteiger partial charge in [-0.3, -0.25) is 0 Å². The van der Waals surface area contributed by atoms with Crippen molar-refractivity contribution in [1.82, 2.24) is 4.90 Å². The molecule has 140 valence electrons. The van der Waals surface area contributed by atoms with E-state index in [0.717, 1.165) is 31.6 Å². The van der Waals surface area contributed by atoms with Crippen LogP contribution >= 0.6 is 0 Å². The summed E-state index contributed by atoms with van der Waals surface area (Å²) in [5.41, 5.74) is -0.789. The van der Waals surface area contributed by atoms with Crippen LogP contribution in [-0.2, 0) is 9.47 Å². The summed E-state index contributed by atoms with van der Waals surface area (Å²) in [6, 6.07) is 9.72. The van der Waals surface area contributed by atoms with E-state index in [2.05, 4.69) is 6.92 Å². The quantitative estimate of drug-likeness (QED) is 0.720. The summed E-state index contributed by atoms with van der Waals surface area (Å²) in [7, 11) is 0. The molecule has 1 unspecified atom stereocenters. The van der Waals surface area contributed by atoms with E-state index in [4.69, 9.17) is 14.2 Å². The Hall–Kier alpha value is -1.75. The fourth-order valence-electron chi connectivity index (χ4n) is 3.02. The SMILES string of the molecule is CCC1(OCCOc2ccccc2)CCCN(C(=O)OC(C)(C)C)C1. The van der Waals surface area contributed by atoms with Crippen molar-refractivity contribution in [3.63, 3.8) is 0 Å². The first-order chi connectivity index (χ1) is 11.8. The second kappa shape index (κ2) is 8.56. The second-order valence-corrected chi connectivity index (χ2v) is 7.55. The highest BCUT2D eigenvalue weighted by molar-refractivity contribution is 5.68. The monoisotopic (exact) mass is 349 g/mol. The lowest BCUT2D eigenvalue weighted by atomic mass is 9.90. The molecule has 1 aromatic carbocycles. The molecule has 5 nitrogen and oxygen atoms in total. The first-order valence-electron chi connectivity index (χ1n) is 9.13. The summed E-state index contributed by atoms with van der Waals surface area (Å²) in [5.74, 6) is 0.843. The molecular weight excluding hydrogens is 318 g/mol.